The summed E-state index contributed by atoms with van der Waals surface area (Å²) in [5.41, 5.74) is 3.32. The standard InChI is InChI=1S/C25H31N7S/c1-16(24-30-31-25(33-24)20-11-19(13-26-14-20)18-6-7-18)22-8-9-23(29-28-22)32-10-2-3-21(15-32)27-12-17-4-5-17/h8-9,11,13-14,16-18,21,27H,2-7,10,12,15H2,1H3/t16?,21-/m1/s1. The summed E-state index contributed by atoms with van der Waals surface area (Å²) in [7, 11) is 0. The maximum atomic E-state index is 4.59. The van der Waals surface area contributed by atoms with Crippen LogP contribution in [0.5, 0.6) is 0 Å². The second kappa shape index (κ2) is 9.06. The summed E-state index contributed by atoms with van der Waals surface area (Å²) in [6.07, 6.45) is 11.7. The molecule has 1 unspecified atom stereocenters. The first kappa shape index (κ1) is 21.1. The normalized spacial score (nSPS) is 21.8. The Hall–Kier alpha value is -2.45. The summed E-state index contributed by atoms with van der Waals surface area (Å²) in [4.78, 5) is 6.80. The molecule has 0 radical (unpaired) electrons. The van der Waals surface area contributed by atoms with Gasteiger partial charge in [-0.2, -0.15) is 5.10 Å². The number of piperidine rings is 1. The molecule has 0 spiro atoms. The number of nitrogens with one attached hydrogen (secondary N) is 1. The summed E-state index contributed by atoms with van der Waals surface area (Å²) in [5.74, 6) is 2.64. The number of hydrogen-bond donors (Lipinski definition) is 1. The lowest BCUT2D eigenvalue weighted by molar-refractivity contribution is 0.414. The fourth-order valence-corrected chi connectivity index (χ4v) is 5.50. The van der Waals surface area contributed by atoms with Crippen LogP contribution in [0.1, 0.15) is 73.5 Å². The Kier molecular flexibility index (Phi) is 5.80. The maximum absolute atomic E-state index is 4.59. The second-order valence-corrected chi connectivity index (χ2v) is 10.9. The molecule has 0 amide bonds. The molecule has 0 aromatic carbocycles. The highest BCUT2D eigenvalue weighted by atomic mass is 32.1. The predicted octanol–water partition coefficient (Wildman–Crippen LogP) is 4.39. The van der Waals surface area contributed by atoms with Crippen molar-refractivity contribution in [3.05, 3.63) is 46.9 Å². The summed E-state index contributed by atoms with van der Waals surface area (Å²) >= 11 is 1.63. The zero-order valence-electron chi connectivity index (χ0n) is 19.2. The molecule has 1 N–H and O–H groups in total. The van der Waals surface area contributed by atoms with Gasteiger partial charge in [0.1, 0.15) is 10.0 Å². The molecule has 7 nitrogen and oxygen atoms in total. The van der Waals surface area contributed by atoms with Crippen LogP contribution in [0.4, 0.5) is 5.82 Å². The van der Waals surface area contributed by atoms with E-state index in [1.165, 1.54) is 50.6 Å². The van der Waals surface area contributed by atoms with Gasteiger partial charge in [-0.25, -0.2) is 0 Å². The molecule has 4 heterocycles. The third-order valence-corrected chi connectivity index (χ3v) is 8.27. The van der Waals surface area contributed by atoms with E-state index in [0.717, 1.165) is 46.1 Å². The van der Waals surface area contributed by atoms with Crippen LogP contribution in [0.2, 0.25) is 0 Å². The third-order valence-electron chi connectivity index (χ3n) is 7.12. The minimum atomic E-state index is 0.0617. The zero-order chi connectivity index (χ0) is 22.2. The van der Waals surface area contributed by atoms with Gasteiger partial charge in [-0.1, -0.05) is 18.3 Å². The average Bonchev–Trinajstić information content (AvgIpc) is 3.81. The van der Waals surface area contributed by atoms with Crippen LogP contribution in [0, 0.1) is 5.92 Å². The van der Waals surface area contributed by atoms with Crippen LogP contribution in [-0.2, 0) is 0 Å². The molecule has 3 aromatic rings. The average molecular weight is 462 g/mol. The Labute approximate surface area is 199 Å². The molecule has 2 atom stereocenters. The van der Waals surface area contributed by atoms with Crippen molar-refractivity contribution in [3.8, 4) is 10.6 Å². The number of nitrogens with zero attached hydrogens (tertiary/aromatic N) is 6. The largest absolute Gasteiger partial charge is 0.354 e. The molecule has 3 aliphatic rings. The van der Waals surface area contributed by atoms with E-state index in [-0.39, 0.29) is 5.92 Å². The summed E-state index contributed by atoms with van der Waals surface area (Å²) < 4.78 is 0. The van der Waals surface area contributed by atoms with E-state index in [4.69, 9.17) is 0 Å². The Bertz CT molecular complexity index is 1090. The molecular formula is C25H31N7S. The summed E-state index contributed by atoms with van der Waals surface area (Å²) in [6.45, 7) is 5.37. The molecule has 1 saturated heterocycles. The van der Waals surface area contributed by atoms with E-state index < -0.39 is 0 Å². The van der Waals surface area contributed by atoms with Gasteiger partial charge >= 0.3 is 0 Å². The molecule has 33 heavy (non-hydrogen) atoms. The topological polar surface area (TPSA) is 79.7 Å². The Morgan fingerprint density at radius 3 is 2.76 bits per heavy atom. The van der Waals surface area contributed by atoms with Crippen molar-refractivity contribution in [2.75, 3.05) is 24.5 Å². The van der Waals surface area contributed by atoms with Gasteiger partial charge in [0.15, 0.2) is 5.82 Å². The highest BCUT2D eigenvalue weighted by molar-refractivity contribution is 7.14. The smallest absolute Gasteiger partial charge is 0.151 e. The van der Waals surface area contributed by atoms with Crippen molar-refractivity contribution < 1.29 is 0 Å². The zero-order valence-corrected chi connectivity index (χ0v) is 20.0. The van der Waals surface area contributed by atoms with Crippen molar-refractivity contribution in [3.63, 3.8) is 0 Å². The first-order chi connectivity index (χ1) is 16.2. The predicted molar refractivity (Wildman–Crippen MR) is 131 cm³/mol. The van der Waals surface area contributed by atoms with Crippen LogP contribution >= 0.6 is 11.3 Å². The molecule has 172 valence electrons. The van der Waals surface area contributed by atoms with Crippen molar-refractivity contribution in [1.29, 1.82) is 0 Å². The molecular weight excluding hydrogens is 430 g/mol. The molecule has 2 saturated carbocycles. The molecule has 0 bridgehead atoms. The van der Waals surface area contributed by atoms with E-state index in [1.807, 2.05) is 12.4 Å². The molecule has 1 aliphatic heterocycles. The molecule has 6 rings (SSSR count). The van der Waals surface area contributed by atoms with Crippen molar-refractivity contribution in [1.82, 2.24) is 30.7 Å². The van der Waals surface area contributed by atoms with E-state index in [2.05, 4.69) is 60.7 Å². The quantitative estimate of drug-likeness (QED) is 0.533. The van der Waals surface area contributed by atoms with Gasteiger partial charge < -0.3 is 10.2 Å². The minimum Gasteiger partial charge on any atom is -0.354 e. The van der Waals surface area contributed by atoms with Gasteiger partial charge in [-0.3, -0.25) is 4.98 Å². The lowest BCUT2D eigenvalue weighted by atomic mass is 10.1. The van der Waals surface area contributed by atoms with Crippen LogP contribution in [0.15, 0.2) is 30.6 Å². The van der Waals surface area contributed by atoms with Gasteiger partial charge in [-0.15, -0.1) is 15.3 Å². The highest BCUT2D eigenvalue weighted by Gasteiger charge is 2.26. The molecule has 2 aliphatic carbocycles. The van der Waals surface area contributed by atoms with Gasteiger partial charge in [0.05, 0.1) is 11.6 Å². The van der Waals surface area contributed by atoms with Crippen LogP contribution in [-0.4, -0.2) is 51.1 Å². The van der Waals surface area contributed by atoms with Crippen LogP contribution in [0.25, 0.3) is 10.6 Å². The van der Waals surface area contributed by atoms with Gasteiger partial charge in [0.2, 0.25) is 0 Å². The SMILES string of the molecule is CC(c1ccc(N2CCC[C@@H](NCC3CC3)C2)nn1)c1nnc(-c2cncc(C3CC3)c2)s1. The number of pyridine rings is 1. The van der Waals surface area contributed by atoms with Crippen molar-refractivity contribution >= 4 is 17.2 Å². The molecule has 3 fully saturated rings. The Balaban J connectivity index is 1.11. The number of anilines is 1. The van der Waals surface area contributed by atoms with Gasteiger partial charge in [0, 0.05) is 37.1 Å². The van der Waals surface area contributed by atoms with E-state index in [9.17, 15) is 0 Å². The van der Waals surface area contributed by atoms with E-state index in [0.29, 0.717) is 12.0 Å². The monoisotopic (exact) mass is 461 g/mol. The van der Waals surface area contributed by atoms with Crippen LogP contribution < -0.4 is 10.2 Å². The second-order valence-electron chi connectivity index (χ2n) is 9.90. The van der Waals surface area contributed by atoms with Gasteiger partial charge in [0.25, 0.3) is 0 Å². The fourth-order valence-electron chi connectivity index (χ4n) is 4.61. The van der Waals surface area contributed by atoms with E-state index in [1.54, 1.807) is 11.3 Å². The summed E-state index contributed by atoms with van der Waals surface area (Å²) in [5, 5.41) is 23.7. The lowest BCUT2D eigenvalue weighted by Gasteiger charge is -2.34. The number of aromatic nitrogens is 5. The Morgan fingerprint density at radius 2 is 1.97 bits per heavy atom. The first-order valence-electron chi connectivity index (χ1n) is 12.3. The number of rotatable bonds is 8. The fraction of sp³-hybridized carbons (Fsp3) is 0.560. The molecule has 3 aromatic heterocycles. The highest BCUT2D eigenvalue weighted by Crippen LogP contribution is 2.41. The lowest BCUT2D eigenvalue weighted by Crippen LogP contribution is -2.46. The van der Waals surface area contributed by atoms with Crippen molar-refractivity contribution in [2.45, 2.75) is 63.3 Å². The first-order valence-corrected chi connectivity index (χ1v) is 13.2. The van der Waals surface area contributed by atoms with Crippen molar-refractivity contribution in [2.24, 2.45) is 5.92 Å². The molecule has 8 heteroatoms. The van der Waals surface area contributed by atoms with Crippen LogP contribution in [0.3, 0.4) is 0 Å². The number of hydrogen-bond acceptors (Lipinski definition) is 8. The maximum Gasteiger partial charge on any atom is 0.151 e. The Morgan fingerprint density at radius 1 is 1.06 bits per heavy atom. The van der Waals surface area contributed by atoms with Gasteiger partial charge in [-0.05, 0) is 80.7 Å². The third kappa shape index (κ3) is 4.92. The minimum absolute atomic E-state index is 0.0617. The van der Waals surface area contributed by atoms with E-state index >= 15 is 0 Å². The summed E-state index contributed by atoms with van der Waals surface area (Å²) in [6, 6.07) is 7.00.